The van der Waals surface area contributed by atoms with Crippen LogP contribution < -0.4 is 0 Å². The first-order valence-electron chi connectivity index (χ1n) is 4.74. The van der Waals surface area contributed by atoms with Gasteiger partial charge in [-0.05, 0) is 24.6 Å². The highest BCUT2D eigenvalue weighted by atomic mass is 79.9. The number of carboxylic acids is 1. The van der Waals surface area contributed by atoms with Crippen LogP contribution in [0.4, 0.5) is 4.39 Å². The molecule has 5 heteroatoms. The van der Waals surface area contributed by atoms with E-state index in [1.165, 1.54) is 6.07 Å². The molecule has 0 spiro atoms. The molecule has 0 fully saturated rings. The molecule has 0 bridgehead atoms. The Hall–Kier alpha value is -1.36. The number of hydrogen-bond acceptors (Lipinski definition) is 1. The van der Waals surface area contributed by atoms with E-state index in [4.69, 9.17) is 5.11 Å². The summed E-state index contributed by atoms with van der Waals surface area (Å²) in [6.07, 6.45) is 0.413. The van der Waals surface area contributed by atoms with Gasteiger partial charge in [-0.1, -0.05) is 15.9 Å². The summed E-state index contributed by atoms with van der Waals surface area (Å²) in [5, 5.41) is 9.30. The molecule has 1 aromatic carbocycles. The molecular weight excluding hydrogens is 277 g/mol. The van der Waals surface area contributed by atoms with Gasteiger partial charge in [0.1, 0.15) is 5.82 Å². The van der Waals surface area contributed by atoms with Crippen LogP contribution >= 0.6 is 15.9 Å². The number of aliphatic carboxylic acids is 1. The van der Waals surface area contributed by atoms with Gasteiger partial charge in [-0.15, -0.1) is 0 Å². The molecular formula is C11H9BrFNO2. The molecule has 1 aromatic heterocycles. The van der Waals surface area contributed by atoms with Crippen LogP contribution in [0.2, 0.25) is 0 Å². The molecule has 2 N–H and O–H groups in total. The zero-order valence-electron chi connectivity index (χ0n) is 8.26. The van der Waals surface area contributed by atoms with Gasteiger partial charge >= 0.3 is 5.97 Å². The fourth-order valence-corrected chi connectivity index (χ4v) is 2.05. The van der Waals surface area contributed by atoms with Crippen LogP contribution in [0.15, 0.2) is 22.7 Å². The lowest BCUT2D eigenvalue weighted by Gasteiger charge is -1.94. The average molecular weight is 286 g/mol. The maximum Gasteiger partial charge on any atom is 0.303 e. The minimum atomic E-state index is -0.861. The van der Waals surface area contributed by atoms with Gasteiger partial charge in [-0.25, -0.2) is 4.39 Å². The van der Waals surface area contributed by atoms with E-state index in [1.807, 2.05) is 0 Å². The standard InChI is InChI=1S/C11H9BrFNO2/c12-7-3-6-4-8(1-2-10(15)16)14-11(6)9(13)5-7/h3-5,14H,1-2H2,(H,15,16). The minimum Gasteiger partial charge on any atom is -0.481 e. The van der Waals surface area contributed by atoms with Gasteiger partial charge in [0.05, 0.1) is 11.9 Å². The van der Waals surface area contributed by atoms with E-state index in [1.54, 1.807) is 12.1 Å². The van der Waals surface area contributed by atoms with Gasteiger partial charge in [-0.2, -0.15) is 0 Å². The largest absolute Gasteiger partial charge is 0.481 e. The number of fused-ring (bicyclic) bond motifs is 1. The van der Waals surface area contributed by atoms with Gasteiger partial charge in [0, 0.05) is 15.6 Å². The highest BCUT2D eigenvalue weighted by Crippen LogP contribution is 2.24. The van der Waals surface area contributed by atoms with Crippen LogP contribution in [0.25, 0.3) is 10.9 Å². The fraction of sp³-hybridized carbons (Fsp3) is 0.182. The minimum absolute atomic E-state index is 0.0373. The lowest BCUT2D eigenvalue weighted by atomic mass is 10.2. The molecule has 0 amide bonds. The second-order valence-corrected chi connectivity index (χ2v) is 4.46. The number of halogens is 2. The van der Waals surface area contributed by atoms with Crippen LogP contribution in [0.3, 0.4) is 0 Å². The Morgan fingerprint density at radius 2 is 2.19 bits per heavy atom. The normalized spacial score (nSPS) is 10.9. The number of aryl methyl sites for hydroxylation is 1. The Kier molecular flexibility index (Phi) is 2.96. The Morgan fingerprint density at radius 1 is 1.44 bits per heavy atom. The van der Waals surface area contributed by atoms with E-state index in [0.29, 0.717) is 16.4 Å². The number of carbonyl (C=O) groups is 1. The monoisotopic (exact) mass is 285 g/mol. The summed E-state index contributed by atoms with van der Waals surface area (Å²) in [4.78, 5) is 13.3. The molecule has 2 rings (SSSR count). The van der Waals surface area contributed by atoms with Gasteiger partial charge < -0.3 is 10.1 Å². The number of aromatic nitrogens is 1. The molecule has 0 aliphatic heterocycles. The highest BCUT2D eigenvalue weighted by molar-refractivity contribution is 9.10. The van der Waals surface area contributed by atoms with E-state index in [9.17, 15) is 9.18 Å². The predicted octanol–water partition coefficient (Wildman–Crippen LogP) is 3.09. The number of rotatable bonds is 3. The summed E-state index contributed by atoms with van der Waals surface area (Å²) in [5.74, 6) is -1.20. The Balaban J connectivity index is 2.36. The molecule has 0 aliphatic carbocycles. The summed E-state index contributed by atoms with van der Waals surface area (Å²) in [6, 6.07) is 4.94. The third-order valence-corrected chi connectivity index (χ3v) is 2.77. The molecule has 16 heavy (non-hydrogen) atoms. The lowest BCUT2D eigenvalue weighted by Crippen LogP contribution is -1.97. The van der Waals surface area contributed by atoms with Crippen LogP contribution in [-0.2, 0) is 11.2 Å². The molecule has 0 saturated heterocycles. The lowest BCUT2D eigenvalue weighted by molar-refractivity contribution is -0.136. The van der Waals surface area contributed by atoms with Crippen molar-refractivity contribution in [2.45, 2.75) is 12.8 Å². The summed E-state index contributed by atoms with van der Waals surface area (Å²) in [7, 11) is 0. The Morgan fingerprint density at radius 3 is 2.88 bits per heavy atom. The summed E-state index contributed by atoms with van der Waals surface area (Å²) < 4.78 is 14.1. The number of benzene rings is 1. The number of aromatic amines is 1. The first kappa shape index (κ1) is 11.1. The van der Waals surface area contributed by atoms with Gasteiger partial charge in [-0.3, -0.25) is 4.79 Å². The zero-order valence-corrected chi connectivity index (χ0v) is 9.84. The number of carboxylic acid groups (broad SMARTS) is 1. The molecule has 0 atom stereocenters. The van der Waals surface area contributed by atoms with Crippen molar-refractivity contribution in [3.05, 3.63) is 34.2 Å². The van der Waals surface area contributed by atoms with Gasteiger partial charge in [0.25, 0.3) is 0 Å². The van der Waals surface area contributed by atoms with Crippen molar-refractivity contribution in [2.75, 3.05) is 0 Å². The molecule has 0 aliphatic rings. The third-order valence-electron chi connectivity index (χ3n) is 2.31. The van der Waals surface area contributed by atoms with Crippen LogP contribution in [0, 0.1) is 5.82 Å². The SMILES string of the molecule is O=C(O)CCc1cc2cc(Br)cc(F)c2[nH]1. The molecule has 3 nitrogen and oxygen atoms in total. The zero-order chi connectivity index (χ0) is 11.7. The Labute approximate surface area is 99.4 Å². The second kappa shape index (κ2) is 4.25. The van der Waals surface area contributed by atoms with Crippen LogP contribution in [0.5, 0.6) is 0 Å². The molecule has 2 aromatic rings. The van der Waals surface area contributed by atoms with Crippen molar-refractivity contribution in [1.29, 1.82) is 0 Å². The van der Waals surface area contributed by atoms with Crippen molar-refractivity contribution in [2.24, 2.45) is 0 Å². The van der Waals surface area contributed by atoms with Crippen molar-refractivity contribution in [3.8, 4) is 0 Å². The molecule has 1 heterocycles. The first-order valence-corrected chi connectivity index (χ1v) is 5.54. The number of hydrogen-bond donors (Lipinski definition) is 2. The van der Waals surface area contributed by atoms with E-state index in [0.717, 1.165) is 11.1 Å². The van der Waals surface area contributed by atoms with Crippen molar-refractivity contribution in [1.82, 2.24) is 4.98 Å². The third kappa shape index (κ3) is 2.24. The summed E-state index contributed by atoms with van der Waals surface area (Å²) in [6.45, 7) is 0. The van der Waals surface area contributed by atoms with Crippen LogP contribution in [-0.4, -0.2) is 16.1 Å². The predicted molar refractivity (Wildman–Crippen MR) is 61.9 cm³/mol. The maximum atomic E-state index is 13.5. The summed E-state index contributed by atoms with van der Waals surface area (Å²) in [5.41, 5.74) is 1.15. The molecule has 0 radical (unpaired) electrons. The molecule has 0 unspecified atom stereocenters. The van der Waals surface area contributed by atoms with E-state index < -0.39 is 5.97 Å². The highest BCUT2D eigenvalue weighted by Gasteiger charge is 2.08. The van der Waals surface area contributed by atoms with Gasteiger partial charge in [0.2, 0.25) is 0 Å². The summed E-state index contributed by atoms with van der Waals surface area (Å²) >= 11 is 3.21. The van der Waals surface area contributed by atoms with Crippen molar-refractivity contribution < 1.29 is 14.3 Å². The molecule has 0 saturated carbocycles. The number of H-pyrrole nitrogens is 1. The van der Waals surface area contributed by atoms with Crippen molar-refractivity contribution >= 4 is 32.8 Å². The van der Waals surface area contributed by atoms with E-state index >= 15 is 0 Å². The first-order chi connectivity index (χ1) is 7.56. The topological polar surface area (TPSA) is 53.1 Å². The smallest absolute Gasteiger partial charge is 0.303 e. The quantitative estimate of drug-likeness (QED) is 0.911. The van der Waals surface area contributed by atoms with Crippen LogP contribution in [0.1, 0.15) is 12.1 Å². The van der Waals surface area contributed by atoms with Crippen molar-refractivity contribution in [3.63, 3.8) is 0 Å². The van der Waals surface area contributed by atoms with E-state index in [-0.39, 0.29) is 12.2 Å². The number of nitrogens with one attached hydrogen (secondary N) is 1. The maximum absolute atomic E-state index is 13.5. The second-order valence-electron chi connectivity index (χ2n) is 3.54. The van der Waals surface area contributed by atoms with E-state index in [2.05, 4.69) is 20.9 Å². The Bertz CT molecular complexity index is 550. The fourth-order valence-electron chi connectivity index (χ4n) is 1.60. The average Bonchev–Trinajstić information content (AvgIpc) is 2.57. The van der Waals surface area contributed by atoms with Gasteiger partial charge in [0.15, 0.2) is 0 Å². The molecule has 84 valence electrons.